The van der Waals surface area contributed by atoms with Gasteiger partial charge in [-0.15, -0.1) is 0 Å². The maximum atomic E-state index is 12.8. The van der Waals surface area contributed by atoms with Gasteiger partial charge in [-0.25, -0.2) is 8.42 Å². The monoisotopic (exact) mass is 431 g/mol. The topological polar surface area (TPSA) is 81.7 Å². The summed E-state index contributed by atoms with van der Waals surface area (Å²) in [5.74, 6) is 0.500. The minimum Gasteiger partial charge on any atom is -0.497 e. The van der Waals surface area contributed by atoms with Crippen LogP contribution in [0, 0.1) is 5.92 Å². The van der Waals surface area contributed by atoms with Gasteiger partial charge >= 0.3 is 5.97 Å². The molecule has 30 heavy (non-hydrogen) atoms. The van der Waals surface area contributed by atoms with Gasteiger partial charge in [0.1, 0.15) is 5.75 Å². The molecule has 0 bridgehead atoms. The summed E-state index contributed by atoms with van der Waals surface area (Å²) in [6.45, 7) is 3.63. The number of nitrogens with one attached hydrogen (secondary N) is 1. The van der Waals surface area contributed by atoms with Crippen LogP contribution in [0.3, 0.4) is 0 Å². The van der Waals surface area contributed by atoms with Crippen LogP contribution in [-0.4, -0.2) is 40.7 Å². The van der Waals surface area contributed by atoms with Crippen molar-refractivity contribution in [1.82, 2.24) is 5.32 Å². The summed E-state index contributed by atoms with van der Waals surface area (Å²) in [6, 6.07) is 13.2. The maximum Gasteiger partial charge on any atom is 0.309 e. The third kappa shape index (κ3) is 5.61. The van der Waals surface area contributed by atoms with Crippen LogP contribution >= 0.6 is 0 Å². The highest BCUT2D eigenvalue weighted by Gasteiger charge is 2.24. The average molecular weight is 432 g/mol. The van der Waals surface area contributed by atoms with E-state index in [4.69, 9.17) is 9.47 Å². The number of hydrogen-bond acceptors (Lipinski definition) is 6. The Kier molecular flexibility index (Phi) is 7.50. The summed E-state index contributed by atoms with van der Waals surface area (Å²) >= 11 is 0. The van der Waals surface area contributed by atoms with Gasteiger partial charge in [-0.3, -0.25) is 4.79 Å². The number of sulfone groups is 1. The molecule has 1 aliphatic heterocycles. The number of carbonyl (C=O) groups is 1. The van der Waals surface area contributed by atoms with Gasteiger partial charge in [0.25, 0.3) is 0 Å². The zero-order chi connectivity index (χ0) is 21.6. The van der Waals surface area contributed by atoms with Crippen molar-refractivity contribution in [3.63, 3.8) is 0 Å². The van der Waals surface area contributed by atoms with Crippen LogP contribution in [0.2, 0.25) is 0 Å². The molecule has 1 heterocycles. The summed E-state index contributed by atoms with van der Waals surface area (Å²) in [5, 5.41) is 3.24. The smallest absolute Gasteiger partial charge is 0.309 e. The van der Waals surface area contributed by atoms with E-state index in [1.54, 1.807) is 36.4 Å². The number of methoxy groups -OCH3 is 1. The van der Waals surface area contributed by atoms with Gasteiger partial charge in [0.15, 0.2) is 0 Å². The van der Waals surface area contributed by atoms with E-state index >= 15 is 0 Å². The second-order valence-electron chi connectivity index (χ2n) is 7.63. The average Bonchev–Trinajstić information content (AvgIpc) is 2.78. The Balaban J connectivity index is 1.55. The van der Waals surface area contributed by atoms with Crippen molar-refractivity contribution in [1.29, 1.82) is 0 Å². The number of ether oxygens (including phenoxy) is 2. The predicted octanol–water partition coefficient (Wildman–Crippen LogP) is 3.39. The van der Waals surface area contributed by atoms with E-state index in [2.05, 4.69) is 5.32 Å². The fourth-order valence-corrected chi connectivity index (χ4v) is 4.77. The standard InChI is InChI=1S/C23H29NO5S/c1-17(29-23(25)19-13-15-24-16-14-19)3-4-18-5-9-21(10-6-18)30(26,27)22-11-7-20(28-2)8-12-22/h5-12,17,19,24H,3-4,13-16H2,1-2H3. The van der Waals surface area contributed by atoms with E-state index < -0.39 is 9.84 Å². The quantitative estimate of drug-likeness (QED) is 0.645. The van der Waals surface area contributed by atoms with E-state index in [0.29, 0.717) is 18.6 Å². The van der Waals surface area contributed by atoms with Gasteiger partial charge in [-0.2, -0.15) is 0 Å². The van der Waals surface area contributed by atoms with Crippen LogP contribution in [-0.2, 0) is 25.8 Å². The minimum absolute atomic E-state index is 0.00357. The van der Waals surface area contributed by atoms with Crippen molar-refractivity contribution < 1.29 is 22.7 Å². The Morgan fingerprint density at radius 2 is 1.60 bits per heavy atom. The molecule has 0 spiro atoms. The molecule has 2 aromatic carbocycles. The Bertz CT molecular complexity index is 933. The summed E-state index contributed by atoms with van der Waals surface area (Å²) in [6.07, 6.45) is 2.89. The molecular formula is C23H29NO5S. The molecule has 1 aliphatic rings. The summed E-state index contributed by atoms with van der Waals surface area (Å²) in [4.78, 5) is 12.7. The number of benzene rings is 2. The molecule has 1 unspecified atom stereocenters. The number of carbonyl (C=O) groups excluding carboxylic acids is 1. The van der Waals surface area contributed by atoms with E-state index in [1.807, 2.05) is 19.1 Å². The number of esters is 1. The lowest BCUT2D eigenvalue weighted by Gasteiger charge is -2.23. The number of rotatable bonds is 8. The van der Waals surface area contributed by atoms with Gasteiger partial charge < -0.3 is 14.8 Å². The molecule has 162 valence electrons. The highest BCUT2D eigenvalue weighted by atomic mass is 32.2. The predicted molar refractivity (Wildman–Crippen MR) is 114 cm³/mol. The van der Waals surface area contributed by atoms with E-state index in [-0.39, 0.29) is 27.8 Å². The van der Waals surface area contributed by atoms with Gasteiger partial charge in [0.2, 0.25) is 9.84 Å². The third-order valence-electron chi connectivity index (χ3n) is 5.43. The van der Waals surface area contributed by atoms with Gasteiger partial charge in [0, 0.05) is 0 Å². The molecule has 0 saturated carbocycles. The molecule has 7 heteroatoms. The summed E-state index contributed by atoms with van der Waals surface area (Å²) < 4.78 is 36.2. The van der Waals surface area contributed by atoms with Crippen LogP contribution in [0.4, 0.5) is 0 Å². The lowest BCUT2D eigenvalue weighted by molar-refractivity contribution is -0.154. The zero-order valence-electron chi connectivity index (χ0n) is 17.5. The van der Waals surface area contributed by atoms with E-state index in [0.717, 1.165) is 31.5 Å². The van der Waals surface area contributed by atoms with E-state index in [1.165, 1.54) is 7.11 Å². The maximum absolute atomic E-state index is 12.8. The second-order valence-corrected chi connectivity index (χ2v) is 9.58. The van der Waals surface area contributed by atoms with Crippen LogP contribution in [0.5, 0.6) is 5.75 Å². The van der Waals surface area contributed by atoms with Crippen molar-refractivity contribution in [2.45, 2.75) is 48.5 Å². The molecule has 0 amide bonds. The largest absolute Gasteiger partial charge is 0.497 e. The van der Waals surface area contributed by atoms with Gasteiger partial charge in [0.05, 0.1) is 28.9 Å². The molecule has 2 aromatic rings. The first-order valence-corrected chi connectivity index (χ1v) is 11.8. The number of hydrogen-bond donors (Lipinski definition) is 1. The van der Waals surface area contributed by atoms with Gasteiger partial charge in [-0.05, 0) is 87.7 Å². The second kappa shape index (κ2) is 10.1. The van der Waals surface area contributed by atoms with Crippen LogP contribution < -0.4 is 10.1 Å². The third-order valence-corrected chi connectivity index (χ3v) is 7.22. The molecule has 1 fully saturated rings. The molecular weight excluding hydrogens is 402 g/mol. The lowest BCUT2D eigenvalue weighted by Crippen LogP contribution is -2.34. The van der Waals surface area contributed by atoms with Crippen LogP contribution in [0.15, 0.2) is 58.3 Å². The van der Waals surface area contributed by atoms with Crippen molar-refractivity contribution in [2.24, 2.45) is 5.92 Å². The highest BCUT2D eigenvalue weighted by molar-refractivity contribution is 7.91. The van der Waals surface area contributed by atoms with Crippen LogP contribution in [0.1, 0.15) is 31.7 Å². The Labute approximate surface area is 178 Å². The molecule has 3 rings (SSSR count). The Morgan fingerprint density at radius 1 is 1.03 bits per heavy atom. The molecule has 1 saturated heterocycles. The number of piperidine rings is 1. The minimum atomic E-state index is -3.57. The molecule has 1 N–H and O–H groups in total. The first kappa shape index (κ1) is 22.3. The first-order chi connectivity index (χ1) is 14.4. The first-order valence-electron chi connectivity index (χ1n) is 10.3. The summed E-state index contributed by atoms with van der Waals surface area (Å²) in [7, 11) is -2.03. The lowest BCUT2D eigenvalue weighted by atomic mass is 9.98. The molecule has 0 aliphatic carbocycles. The molecule has 0 radical (unpaired) electrons. The normalized spacial score (nSPS) is 16.1. The SMILES string of the molecule is COc1ccc(S(=O)(=O)c2ccc(CCC(C)OC(=O)C3CCNCC3)cc2)cc1. The number of aryl methyl sites for hydroxylation is 1. The molecule has 0 aromatic heterocycles. The Morgan fingerprint density at radius 3 is 2.17 bits per heavy atom. The molecule has 1 atom stereocenters. The van der Waals surface area contributed by atoms with Crippen molar-refractivity contribution >= 4 is 15.8 Å². The van der Waals surface area contributed by atoms with Crippen molar-refractivity contribution in [3.05, 3.63) is 54.1 Å². The van der Waals surface area contributed by atoms with Crippen molar-refractivity contribution in [3.8, 4) is 5.75 Å². The highest BCUT2D eigenvalue weighted by Crippen LogP contribution is 2.24. The summed E-state index contributed by atoms with van der Waals surface area (Å²) in [5.41, 5.74) is 1.01. The molecule has 6 nitrogen and oxygen atoms in total. The van der Waals surface area contributed by atoms with E-state index in [9.17, 15) is 13.2 Å². The zero-order valence-corrected chi connectivity index (χ0v) is 18.3. The fraction of sp³-hybridized carbons (Fsp3) is 0.435. The Hall–Kier alpha value is -2.38. The fourth-order valence-electron chi connectivity index (χ4n) is 3.51. The van der Waals surface area contributed by atoms with Crippen molar-refractivity contribution in [2.75, 3.05) is 20.2 Å². The van der Waals surface area contributed by atoms with Crippen LogP contribution in [0.25, 0.3) is 0 Å². The van der Waals surface area contributed by atoms with Gasteiger partial charge in [-0.1, -0.05) is 12.1 Å².